The van der Waals surface area contributed by atoms with Crippen LogP contribution in [0.5, 0.6) is 0 Å². The predicted octanol–water partition coefficient (Wildman–Crippen LogP) is 4.53. The number of aliphatic imine (C=N–C) groups is 1. The summed E-state index contributed by atoms with van der Waals surface area (Å²) in [6.07, 6.45) is 4.65. The molecule has 3 aliphatic rings. The molecule has 2 amide bonds. The molecule has 1 aromatic heterocycles. The van der Waals surface area contributed by atoms with Crippen LogP contribution >= 0.6 is 0 Å². The van der Waals surface area contributed by atoms with Gasteiger partial charge in [-0.15, -0.1) is 0 Å². The second-order valence-corrected chi connectivity index (χ2v) is 10.6. The molecule has 1 saturated carbocycles. The minimum Gasteiger partial charge on any atom is -0.338 e. The zero-order valence-electron chi connectivity index (χ0n) is 21.4. The highest BCUT2D eigenvalue weighted by Gasteiger charge is 2.58. The number of hydrogen-bond acceptors (Lipinski definition) is 4. The summed E-state index contributed by atoms with van der Waals surface area (Å²) in [7, 11) is 1.73. The number of hydrogen-bond donors (Lipinski definition) is 2. The molecule has 0 saturated heterocycles. The smallest absolute Gasteiger partial charge is 0.270 e. The number of aromatic nitrogens is 2. The van der Waals surface area contributed by atoms with Crippen molar-refractivity contribution >= 4 is 28.8 Å². The zero-order chi connectivity index (χ0) is 25.7. The topological polar surface area (TPSA) is 88.4 Å². The van der Waals surface area contributed by atoms with Crippen LogP contribution in [0.2, 0.25) is 0 Å². The van der Waals surface area contributed by atoms with E-state index in [9.17, 15) is 9.59 Å². The van der Waals surface area contributed by atoms with Gasteiger partial charge in [0.25, 0.3) is 5.91 Å². The molecule has 2 heterocycles. The van der Waals surface area contributed by atoms with Gasteiger partial charge in [0.1, 0.15) is 11.7 Å². The lowest BCUT2D eigenvalue weighted by molar-refractivity contribution is -0.118. The predicted molar refractivity (Wildman–Crippen MR) is 145 cm³/mol. The maximum atomic E-state index is 13.9. The molecule has 2 N–H and O–H groups in total. The first-order valence-corrected chi connectivity index (χ1v) is 12.9. The molecular formula is C30H31N5O2. The van der Waals surface area contributed by atoms with Crippen LogP contribution in [-0.4, -0.2) is 39.9 Å². The van der Waals surface area contributed by atoms with Crippen molar-refractivity contribution in [2.75, 3.05) is 11.9 Å². The van der Waals surface area contributed by atoms with E-state index in [1.807, 2.05) is 37.3 Å². The average molecular weight is 494 g/mol. The number of benzene rings is 2. The summed E-state index contributed by atoms with van der Waals surface area (Å²) in [5, 5.41) is 10.3. The first kappa shape index (κ1) is 23.4. The van der Waals surface area contributed by atoms with Crippen molar-refractivity contribution in [3.05, 3.63) is 88.8 Å². The van der Waals surface area contributed by atoms with Crippen LogP contribution in [0.15, 0.2) is 71.4 Å². The largest absolute Gasteiger partial charge is 0.338 e. The van der Waals surface area contributed by atoms with Gasteiger partial charge in [-0.05, 0) is 79.0 Å². The molecule has 1 unspecified atom stereocenters. The number of rotatable bonds is 6. The van der Waals surface area contributed by atoms with Crippen LogP contribution in [0.25, 0.3) is 5.57 Å². The maximum Gasteiger partial charge on any atom is 0.270 e. The van der Waals surface area contributed by atoms with Gasteiger partial charge in [-0.25, -0.2) is 0 Å². The molecule has 2 atom stereocenters. The van der Waals surface area contributed by atoms with Crippen LogP contribution in [0.4, 0.5) is 5.69 Å². The lowest BCUT2D eigenvalue weighted by Gasteiger charge is -2.29. The molecule has 0 radical (unpaired) electrons. The summed E-state index contributed by atoms with van der Waals surface area (Å²) in [5.74, 6) is -0.579. The number of aryl methyl sites for hydroxylation is 1. The van der Waals surface area contributed by atoms with Gasteiger partial charge in [0.2, 0.25) is 5.91 Å². The highest BCUT2D eigenvalue weighted by Crippen LogP contribution is 2.64. The maximum absolute atomic E-state index is 13.9. The van der Waals surface area contributed by atoms with E-state index >= 15 is 0 Å². The summed E-state index contributed by atoms with van der Waals surface area (Å²) >= 11 is 0. The molecule has 1 spiro atoms. The highest BCUT2D eigenvalue weighted by atomic mass is 16.2. The Morgan fingerprint density at radius 1 is 1.05 bits per heavy atom. The lowest BCUT2D eigenvalue weighted by Crippen LogP contribution is -2.49. The Morgan fingerprint density at radius 2 is 1.81 bits per heavy atom. The molecular weight excluding hydrogens is 462 g/mol. The van der Waals surface area contributed by atoms with Crippen molar-refractivity contribution in [2.45, 2.75) is 45.1 Å². The lowest BCUT2D eigenvalue weighted by atomic mass is 9.82. The number of carbonyl (C=O) groups is 2. The summed E-state index contributed by atoms with van der Waals surface area (Å²) in [4.78, 5) is 31.7. The number of fused-ring (bicyclic) bond motifs is 1. The molecule has 1 fully saturated rings. The fraction of sp³-hybridized carbons (Fsp3) is 0.333. The Morgan fingerprint density at radius 3 is 2.46 bits per heavy atom. The van der Waals surface area contributed by atoms with Crippen molar-refractivity contribution in [3.8, 4) is 0 Å². The molecule has 37 heavy (non-hydrogen) atoms. The van der Waals surface area contributed by atoms with Gasteiger partial charge in [-0.3, -0.25) is 19.3 Å². The van der Waals surface area contributed by atoms with Crippen molar-refractivity contribution < 1.29 is 9.59 Å². The van der Waals surface area contributed by atoms with E-state index in [2.05, 4.69) is 45.8 Å². The third-order valence-electron chi connectivity index (χ3n) is 8.22. The Labute approximate surface area is 216 Å². The molecule has 2 aliphatic carbocycles. The molecule has 2 aromatic carbocycles. The Kier molecular flexibility index (Phi) is 5.59. The number of allylic oxidation sites excluding steroid dienone is 1. The van der Waals surface area contributed by atoms with E-state index in [0.29, 0.717) is 11.4 Å². The SMILES string of the molecule is CC1=NCC(C)=C1c1ccc(NC(=O)[C@@H](NC(=O)c2ccnn2C)C2c3ccccc3CC23CC3)cc1. The number of anilines is 1. The van der Waals surface area contributed by atoms with Crippen LogP contribution in [0, 0.1) is 5.41 Å². The summed E-state index contributed by atoms with van der Waals surface area (Å²) in [5.41, 5.74) is 8.17. The fourth-order valence-electron chi connectivity index (χ4n) is 6.21. The normalized spacial score (nSPS) is 20.0. The van der Waals surface area contributed by atoms with Gasteiger partial charge in [0, 0.05) is 36.1 Å². The monoisotopic (exact) mass is 493 g/mol. The highest BCUT2D eigenvalue weighted by molar-refractivity contribution is 6.25. The number of amides is 2. The second kappa shape index (κ2) is 8.83. The molecule has 3 aromatic rings. The van der Waals surface area contributed by atoms with E-state index in [1.165, 1.54) is 27.0 Å². The van der Waals surface area contributed by atoms with E-state index in [1.54, 1.807) is 19.3 Å². The molecule has 7 heteroatoms. The molecule has 1 aliphatic heterocycles. The Hall–Kier alpha value is -4.00. The minimum absolute atomic E-state index is 0.0264. The van der Waals surface area contributed by atoms with E-state index in [-0.39, 0.29) is 23.1 Å². The first-order chi connectivity index (χ1) is 17.9. The van der Waals surface area contributed by atoms with Gasteiger partial charge in [-0.1, -0.05) is 36.4 Å². The third-order valence-corrected chi connectivity index (χ3v) is 8.22. The number of carbonyl (C=O) groups excluding carboxylic acids is 2. The molecule has 188 valence electrons. The van der Waals surface area contributed by atoms with Crippen LogP contribution in [0.1, 0.15) is 59.8 Å². The van der Waals surface area contributed by atoms with Gasteiger partial charge in [-0.2, -0.15) is 5.10 Å². The van der Waals surface area contributed by atoms with E-state index in [0.717, 1.165) is 37.1 Å². The number of nitrogens with one attached hydrogen (secondary N) is 2. The third kappa shape index (κ3) is 4.08. The van der Waals surface area contributed by atoms with E-state index < -0.39 is 6.04 Å². The van der Waals surface area contributed by atoms with Crippen molar-refractivity contribution in [2.24, 2.45) is 17.5 Å². The zero-order valence-corrected chi connectivity index (χ0v) is 21.4. The Balaban J connectivity index is 1.30. The molecule has 7 nitrogen and oxygen atoms in total. The minimum atomic E-state index is -0.706. The standard InChI is InChI=1S/C30H31N5O2/c1-18-17-31-19(2)25(18)20-8-10-22(11-9-20)33-29(37)27(34-28(36)24-12-15-32-35(24)3)26-23-7-5-4-6-21(23)16-30(26)13-14-30/h4-12,15,26-27H,13-14,16-17H2,1-3H3,(H,33,37)(H,34,36)/t26?,27-/m0/s1. The number of nitrogens with zero attached hydrogens (tertiary/aromatic N) is 3. The van der Waals surface area contributed by atoms with Gasteiger partial charge >= 0.3 is 0 Å². The van der Waals surface area contributed by atoms with Gasteiger partial charge < -0.3 is 10.6 Å². The average Bonchev–Trinajstić information content (AvgIpc) is 3.21. The van der Waals surface area contributed by atoms with Crippen LogP contribution in [0.3, 0.4) is 0 Å². The summed E-state index contributed by atoms with van der Waals surface area (Å²) in [6.45, 7) is 4.88. The summed E-state index contributed by atoms with van der Waals surface area (Å²) in [6, 6.07) is 17.2. The first-order valence-electron chi connectivity index (χ1n) is 12.9. The quantitative estimate of drug-likeness (QED) is 0.529. The fourth-order valence-corrected chi connectivity index (χ4v) is 6.21. The van der Waals surface area contributed by atoms with Crippen LogP contribution < -0.4 is 10.6 Å². The molecule has 6 rings (SSSR count). The van der Waals surface area contributed by atoms with Crippen molar-refractivity contribution in [1.29, 1.82) is 0 Å². The van der Waals surface area contributed by atoms with E-state index in [4.69, 9.17) is 0 Å². The van der Waals surface area contributed by atoms with Gasteiger partial charge in [0.15, 0.2) is 0 Å². The Bertz CT molecular complexity index is 1460. The van der Waals surface area contributed by atoms with Gasteiger partial charge in [0.05, 0.1) is 6.54 Å². The summed E-state index contributed by atoms with van der Waals surface area (Å²) < 4.78 is 1.53. The second-order valence-electron chi connectivity index (χ2n) is 10.6. The van der Waals surface area contributed by atoms with Crippen LogP contribution in [-0.2, 0) is 18.3 Å². The molecule has 0 bridgehead atoms. The van der Waals surface area contributed by atoms with Crippen molar-refractivity contribution in [1.82, 2.24) is 15.1 Å². The van der Waals surface area contributed by atoms with Crippen molar-refractivity contribution in [3.63, 3.8) is 0 Å².